The number of aromatic nitrogens is 1. The molecule has 0 saturated heterocycles. The number of allylic oxidation sites excluding steroid dienone is 1. The first kappa shape index (κ1) is 28.3. The summed E-state index contributed by atoms with van der Waals surface area (Å²) in [5.41, 5.74) is 3.35. The average Bonchev–Trinajstić information content (AvgIpc) is 3.17. The molecule has 2 aromatic carbocycles. The van der Waals surface area contributed by atoms with Crippen LogP contribution in [0, 0.1) is 0 Å². The third kappa shape index (κ3) is 5.53. The highest BCUT2D eigenvalue weighted by molar-refractivity contribution is 9.10. The van der Waals surface area contributed by atoms with Crippen LogP contribution in [0.1, 0.15) is 43.9 Å². The minimum Gasteiger partial charge on any atom is -0.496 e. The van der Waals surface area contributed by atoms with Gasteiger partial charge in [-0.3, -0.25) is 9.36 Å². The van der Waals surface area contributed by atoms with Crippen molar-refractivity contribution in [2.75, 3.05) is 32.7 Å². The van der Waals surface area contributed by atoms with Gasteiger partial charge in [0.25, 0.3) is 5.56 Å². The number of carbonyl (C=O) groups is 1. The minimum atomic E-state index is -0.746. The molecule has 0 radical (unpaired) electrons. The van der Waals surface area contributed by atoms with Gasteiger partial charge >= 0.3 is 5.97 Å². The molecule has 4 rings (SSSR count). The maximum Gasteiger partial charge on any atom is 0.338 e. The number of methoxy groups -OCH3 is 1. The van der Waals surface area contributed by atoms with E-state index < -0.39 is 12.0 Å². The summed E-state index contributed by atoms with van der Waals surface area (Å²) in [5, 5.41) is 0. The Morgan fingerprint density at radius 3 is 2.58 bits per heavy atom. The number of hydrogen-bond acceptors (Lipinski definition) is 7. The lowest BCUT2D eigenvalue weighted by atomic mass is 9.93. The molecular formula is C28H29Br2N3O4S. The van der Waals surface area contributed by atoms with Crippen molar-refractivity contribution in [1.82, 2.24) is 4.57 Å². The number of hydrogen-bond donors (Lipinski definition) is 0. The Morgan fingerprint density at radius 1 is 1.18 bits per heavy atom. The second kappa shape index (κ2) is 12.0. The van der Waals surface area contributed by atoms with Crippen molar-refractivity contribution in [1.29, 1.82) is 0 Å². The van der Waals surface area contributed by atoms with Gasteiger partial charge < -0.3 is 14.4 Å². The van der Waals surface area contributed by atoms with Crippen LogP contribution in [0.3, 0.4) is 0 Å². The average molecular weight is 663 g/mol. The second-order valence-corrected chi connectivity index (χ2v) is 11.7. The van der Waals surface area contributed by atoms with E-state index in [-0.39, 0.29) is 12.2 Å². The van der Waals surface area contributed by atoms with E-state index in [4.69, 9.17) is 14.5 Å². The molecule has 0 N–H and O–H groups in total. The van der Waals surface area contributed by atoms with Gasteiger partial charge in [-0.25, -0.2) is 9.79 Å². The number of fused-ring (bicyclic) bond motifs is 1. The Kier molecular flexibility index (Phi) is 8.95. The van der Waals surface area contributed by atoms with Gasteiger partial charge in [-0.15, -0.1) is 0 Å². The van der Waals surface area contributed by atoms with Crippen LogP contribution in [-0.4, -0.2) is 38.3 Å². The molecule has 0 unspecified atom stereocenters. The van der Waals surface area contributed by atoms with E-state index in [1.165, 1.54) is 11.3 Å². The smallest absolute Gasteiger partial charge is 0.338 e. The summed E-state index contributed by atoms with van der Waals surface area (Å²) in [6.45, 7) is 4.01. The fraction of sp³-hybridized carbons (Fsp3) is 0.321. The number of esters is 1. The van der Waals surface area contributed by atoms with Crippen molar-refractivity contribution in [3.05, 3.63) is 87.4 Å². The third-order valence-corrected chi connectivity index (χ3v) is 8.24. The minimum absolute atomic E-state index is 0.215. The quantitative estimate of drug-likeness (QED) is 0.311. The molecule has 0 amide bonds. The van der Waals surface area contributed by atoms with Crippen LogP contribution >= 0.6 is 43.2 Å². The van der Waals surface area contributed by atoms with Crippen molar-refractivity contribution < 1.29 is 14.3 Å². The molecule has 1 aliphatic heterocycles. The zero-order valence-corrected chi connectivity index (χ0v) is 25.9. The summed E-state index contributed by atoms with van der Waals surface area (Å²) in [6, 6.07) is 10.8. The fourth-order valence-electron chi connectivity index (χ4n) is 4.46. The number of halogens is 2. The van der Waals surface area contributed by atoms with Crippen LogP contribution in [0.5, 0.6) is 5.75 Å². The van der Waals surface area contributed by atoms with Crippen molar-refractivity contribution in [2.45, 2.75) is 32.7 Å². The highest BCUT2D eigenvalue weighted by Gasteiger charge is 2.36. The topological polar surface area (TPSA) is 73.1 Å². The lowest BCUT2D eigenvalue weighted by molar-refractivity contribution is -0.139. The van der Waals surface area contributed by atoms with Gasteiger partial charge in [0.1, 0.15) is 11.8 Å². The molecule has 1 aromatic heterocycles. The Labute approximate surface area is 242 Å². The molecule has 1 aliphatic rings. The Morgan fingerprint density at radius 2 is 1.95 bits per heavy atom. The zero-order valence-electron chi connectivity index (χ0n) is 21.9. The van der Waals surface area contributed by atoms with Crippen LogP contribution in [-0.2, 0) is 9.53 Å². The maximum atomic E-state index is 14.0. The van der Waals surface area contributed by atoms with Crippen molar-refractivity contribution in [3.8, 4) is 5.75 Å². The molecule has 0 fully saturated rings. The van der Waals surface area contributed by atoms with Gasteiger partial charge in [0.2, 0.25) is 0 Å². The third-order valence-electron chi connectivity index (χ3n) is 6.13. The molecule has 7 nitrogen and oxygen atoms in total. The lowest BCUT2D eigenvalue weighted by Gasteiger charge is -2.27. The van der Waals surface area contributed by atoms with Gasteiger partial charge in [0.05, 0.1) is 35.2 Å². The Balaban J connectivity index is 2.01. The molecule has 1 atom stereocenters. The molecule has 0 aliphatic carbocycles. The van der Waals surface area contributed by atoms with Crippen LogP contribution in [0.2, 0.25) is 0 Å². The maximum absolute atomic E-state index is 14.0. The highest BCUT2D eigenvalue weighted by atomic mass is 79.9. The number of ether oxygens (including phenoxy) is 2. The number of carbonyl (C=O) groups excluding carboxylic acids is 1. The van der Waals surface area contributed by atoms with E-state index in [2.05, 4.69) is 31.9 Å². The Hall–Kier alpha value is -2.69. The largest absolute Gasteiger partial charge is 0.496 e. The summed E-state index contributed by atoms with van der Waals surface area (Å²) >= 11 is 8.48. The zero-order chi connectivity index (χ0) is 27.6. The first-order chi connectivity index (χ1) is 18.2. The molecule has 200 valence electrons. The number of anilines is 1. The van der Waals surface area contributed by atoms with Gasteiger partial charge in [-0.1, -0.05) is 46.7 Å². The molecule has 3 aromatic rings. The first-order valence-corrected chi connectivity index (χ1v) is 14.6. The summed E-state index contributed by atoms with van der Waals surface area (Å²) in [7, 11) is 5.53. The summed E-state index contributed by atoms with van der Waals surface area (Å²) < 4.78 is 15.0. The van der Waals surface area contributed by atoms with E-state index in [0.29, 0.717) is 38.3 Å². The summed E-state index contributed by atoms with van der Waals surface area (Å²) in [5.74, 6) is 0.0831. The SMILES string of the molecule is CCCC1=C(C(=O)OCC)[C@@H](c2cc(Br)ccc2OC)n2c(s/c(=C/c3ccc(N(C)C)c(Br)c3)c2=O)=N1. The fourth-order valence-corrected chi connectivity index (χ4v) is 6.61. The Bertz CT molecular complexity index is 1590. The van der Waals surface area contributed by atoms with E-state index in [0.717, 1.165) is 26.6 Å². The molecule has 0 saturated carbocycles. The van der Waals surface area contributed by atoms with Gasteiger partial charge in [0.15, 0.2) is 4.80 Å². The number of thiazole rings is 1. The second-order valence-electron chi connectivity index (χ2n) is 8.91. The molecule has 2 heterocycles. The van der Waals surface area contributed by atoms with Crippen molar-refractivity contribution in [3.63, 3.8) is 0 Å². The number of nitrogens with zero attached hydrogens (tertiary/aromatic N) is 3. The van der Waals surface area contributed by atoms with Crippen LogP contribution in [0.25, 0.3) is 6.08 Å². The molecule has 0 spiro atoms. The highest BCUT2D eigenvalue weighted by Crippen LogP contribution is 2.38. The van der Waals surface area contributed by atoms with E-state index >= 15 is 0 Å². The molecule has 0 bridgehead atoms. The predicted molar refractivity (Wildman–Crippen MR) is 159 cm³/mol. The normalized spacial score (nSPS) is 15.2. The first-order valence-electron chi connectivity index (χ1n) is 12.2. The van der Waals surface area contributed by atoms with Crippen LogP contribution < -0.4 is 24.5 Å². The predicted octanol–water partition coefficient (Wildman–Crippen LogP) is 5.18. The van der Waals surface area contributed by atoms with E-state index in [9.17, 15) is 9.59 Å². The van der Waals surface area contributed by atoms with Crippen LogP contribution in [0.4, 0.5) is 5.69 Å². The van der Waals surface area contributed by atoms with Gasteiger partial charge in [0, 0.05) is 28.6 Å². The molecule has 38 heavy (non-hydrogen) atoms. The van der Waals surface area contributed by atoms with Crippen molar-refractivity contribution >= 4 is 60.9 Å². The lowest BCUT2D eigenvalue weighted by Crippen LogP contribution is -2.40. The van der Waals surface area contributed by atoms with Gasteiger partial charge in [-0.05, 0) is 71.2 Å². The molecule has 10 heteroatoms. The van der Waals surface area contributed by atoms with E-state index in [1.54, 1.807) is 18.6 Å². The van der Waals surface area contributed by atoms with Crippen LogP contribution in [0.15, 0.2) is 66.4 Å². The van der Waals surface area contributed by atoms with Gasteiger partial charge in [-0.2, -0.15) is 0 Å². The standard InChI is InChI=1S/C28H29Br2N3O4S/c1-6-8-20-24(27(35)37-7-2)25(18-15-17(29)10-12-22(18)36-5)33-26(34)23(38-28(33)31-20)14-16-9-11-21(32(3)4)19(30)13-16/h9-15,25H,6-8H2,1-5H3/b23-14+/t25-/m1/s1. The number of rotatable bonds is 8. The van der Waals surface area contributed by atoms with E-state index in [1.807, 2.05) is 68.4 Å². The summed E-state index contributed by atoms with van der Waals surface area (Å²) in [6.07, 6.45) is 3.22. The van der Waals surface area contributed by atoms with Crippen molar-refractivity contribution in [2.24, 2.45) is 4.99 Å². The number of benzene rings is 2. The molecular weight excluding hydrogens is 634 g/mol. The monoisotopic (exact) mass is 661 g/mol. The summed E-state index contributed by atoms with van der Waals surface area (Å²) in [4.78, 5) is 34.7.